The molecule has 134 valence electrons. The maximum Gasteiger partial charge on any atom is 0.227 e. The van der Waals surface area contributed by atoms with Gasteiger partial charge in [0.1, 0.15) is 11.6 Å². The molecule has 4 rings (SSSR count). The fourth-order valence-electron chi connectivity index (χ4n) is 3.74. The van der Waals surface area contributed by atoms with Crippen LogP contribution in [0.25, 0.3) is 11.0 Å². The number of halogens is 1. The summed E-state index contributed by atoms with van der Waals surface area (Å²) in [5.41, 5.74) is 2.42. The summed E-state index contributed by atoms with van der Waals surface area (Å²) in [5.74, 6) is 0.508. The topological polar surface area (TPSA) is 38.1 Å². The SMILES string of the molecule is CCCCn1c([C@H]2CC(=O)N(c3ccccc3F)C2)nc2ccccc21. The Morgan fingerprint density at radius 3 is 2.73 bits per heavy atom. The highest BCUT2D eigenvalue weighted by molar-refractivity contribution is 5.96. The average molecular weight is 351 g/mol. The number of aryl methyl sites for hydroxylation is 1. The van der Waals surface area contributed by atoms with E-state index in [0.29, 0.717) is 18.7 Å². The number of hydrogen-bond donors (Lipinski definition) is 0. The average Bonchev–Trinajstić information content (AvgIpc) is 3.21. The Hall–Kier alpha value is -2.69. The van der Waals surface area contributed by atoms with Crippen LogP contribution in [0.15, 0.2) is 48.5 Å². The van der Waals surface area contributed by atoms with E-state index in [2.05, 4.69) is 17.6 Å². The van der Waals surface area contributed by atoms with Crippen LogP contribution in [0.2, 0.25) is 0 Å². The van der Waals surface area contributed by atoms with Crippen LogP contribution < -0.4 is 4.90 Å². The summed E-state index contributed by atoms with van der Waals surface area (Å²) in [5, 5.41) is 0. The van der Waals surface area contributed by atoms with Gasteiger partial charge in [-0.1, -0.05) is 37.6 Å². The van der Waals surface area contributed by atoms with Gasteiger partial charge in [0.15, 0.2) is 0 Å². The zero-order valence-electron chi connectivity index (χ0n) is 14.9. The van der Waals surface area contributed by atoms with Crippen molar-refractivity contribution in [3.8, 4) is 0 Å². The third kappa shape index (κ3) is 2.87. The minimum absolute atomic E-state index is 0.0219. The number of para-hydroxylation sites is 3. The van der Waals surface area contributed by atoms with E-state index in [1.165, 1.54) is 6.07 Å². The fraction of sp³-hybridized carbons (Fsp3) is 0.333. The van der Waals surface area contributed by atoms with Gasteiger partial charge >= 0.3 is 0 Å². The Labute approximate surface area is 152 Å². The molecule has 2 aromatic carbocycles. The molecule has 4 nitrogen and oxygen atoms in total. The van der Waals surface area contributed by atoms with Gasteiger partial charge in [0, 0.05) is 25.4 Å². The number of unbranched alkanes of at least 4 members (excludes halogenated alkanes) is 1. The van der Waals surface area contributed by atoms with E-state index in [1.807, 2.05) is 18.2 Å². The second-order valence-electron chi connectivity index (χ2n) is 6.82. The highest BCUT2D eigenvalue weighted by atomic mass is 19.1. The first-order valence-corrected chi connectivity index (χ1v) is 9.19. The van der Waals surface area contributed by atoms with Crippen molar-refractivity contribution in [1.29, 1.82) is 0 Å². The third-order valence-corrected chi connectivity index (χ3v) is 5.05. The summed E-state index contributed by atoms with van der Waals surface area (Å²) in [6.45, 7) is 3.52. The van der Waals surface area contributed by atoms with Crippen LogP contribution in [0.5, 0.6) is 0 Å². The van der Waals surface area contributed by atoms with Gasteiger partial charge in [-0.15, -0.1) is 0 Å². The molecule has 5 heteroatoms. The quantitative estimate of drug-likeness (QED) is 0.679. The van der Waals surface area contributed by atoms with Gasteiger partial charge in [-0.25, -0.2) is 9.37 Å². The minimum Gasteiger partial charge on any atom is -0.328 e. The molecule has 1 amide bonds. The van der Waals surface area contributed by atoms with Crippen molar-refractivity contribution in [3.05, 3.63) is 60.2 Å². The van der Waals surface area contributed by atoms with Gasteiger partial charge in [0.2, 0.25) is 5.91 Å². The molecule has 0 radical (unpaired) electrons. The Bertz CT molecular complexity index is 949. The summed E-state index contributed by atoms with van der Waals surface area (Å²) in [6.07, 6.45) is 2.52. The molecular weight excluding hydrogens is 329 g/mol. The summed E-state index contributed by atoms with van der Waals surface area (Å²) >= 11 is 0. The van der Waals surface area contributed by atoms with E-state index in [0.717, 1.165) is 36.2 Å². The van der Waals surface area contributed by atoms with Crippen molar-refractivity contribution in [3.63, 3.8) is 0 Å². The third-order valence-electron chi connectivity index (χ3n) is 5.05. The van der Waals surface area contributed by atoms with E-state index < -0.39 is 0 Å². The number of nitrogens with zero attached hydrogens (tertiary/aromatic N) is 3. The number of anilines is 1. The Morgan fingerprint density at radius 1 is 1.15 bits per heavy atom. The van der Waals surface area contributed by atoms with Crippen molar-refractivity contribution in [1.82, 2.24) is 9.55 Å². The molecule has 0 saturated carbocycles. The lowest BCUT2D eigenvalue weighted by Gasteiger charge is -2.18. The lowest BCUT2D eigenvalue weighted by Crippen LogP contribution is -2.25. The number of amides is 1. The zero-order valence-corrected chi connectivity index (χ0v) is 14.9. The van der Waals surface area contributed by atoms with Gasteiger partial charge in [0.25, 0.3) is 0 Å². The fourth-order valence-corrected chi connectivity index (χ4v) is 3.74. The molecule has 1 fully saturated rings. The van der Waals surface area contributed by atoms with Crippen molar-refractivity contribution in [2.24, 2.45) is 0 Å². The van der Waals surface area contributed by atoms with E-state index in [1.54, 1.807) is 23.1 Å². The van der Waals surface area contributed by atoms with E-state index in [-0.39, 0.29) is 17.6 Å². The van der Waals surface area contributed by atoms with Crippen LogP contribution in [0.3, 0.4) is 0 Å². The molecule has 3 aromatic rings. The van der Waals surface area contributed by atoms with E-state index in [4.69, 9.17) is 4.98 Å². The van der Waals surface area contributed by atoms with E-state index in [9.17, 15) is 9.18 Å². The largest absolute Gasteiger partial charge is 0.328 e. The van der Waals surface area contributed by atoms with Crippen LogP contribution in [-0.4, -0.2) is 22.0 Å². The standard InChI is InChI=1S/C21H22FN3O/c1-2-3-12-24-19-11-7-5-9-17(19)23-21(24)15-13-20(26)25(14-15)18-10-6-4-8-16(18)22/h4-11,15H,2-3,12-14H2,1H3/t15-/m0/s1. The predicted octanol–water partition coefficient (Wildman–Crippen LogP) is 4.50. The van der Waals surface area contributed by atoms with E-state index >= 15 is 0 Å². The molecular formula is C21H22FN3O. The molecule has 26 heavy (non-hydrogen) atoms. The molecule has 1 saturated heterocycles. The van der Waals surface area contributed by atoms with Crippen molar-refractivity contribution < 1.29 is 9.18 Å². The van der Waals surface area contributed by atoms with Gasteiger partial charge in [-0.05, 0) is 30.7 Å². The van der Waals surface area contributed by atoms with Crippen LogP contribution in [-0.2, 0) is 11.3 Å². The van der Waals surface area contributed by atoms with Crippen LogP contribution in [0, 0.1) is 5.82 Å². The van der Waals surface area contributed by atoms with Gasteiger partial charge in [-0.2, -0.15) is 0 Å². The molecule has 1 aromatic heterocycles. The molecule has 0 spiro atoms. The predicted molar refractivity (Wildman–Crippen MR) is 101 cm³/mol. The minimum atomic E-state index is -0.360. The number of rotatable bonds is 5. The lowest BCUT2D eigenvalue weighted by molar-refractivity contribution is -0.117. The van der Waals surface area contributed by atoms with Crippen molar-refractivity contribution in [2.75, 3.05) is 11.4 Å². The summed E-state index contributed by atoms with van der Waals surface area (Å²) in [4.78, 5) is 19.0. The second-order valence-corrected chi connectivity index (χ2v) is 6.82. The number of benzene rings is 2. The molecule has 1 atom stereocenters. The van der Waals surface area contributed by atoms with Crippen LogP contribution in [0.1, 0.15) is 37.9 Å². The maximum absolute atomic E-state index is 14.1. The molecule has 2 heterocycles. The Balaban J connectivity index is 1.70. The highest BCUT2D eigenvalue weighted by Crippen LogP contribution is 2.34. The maximum atomic E-state index is 14.1. The molecule has 0 N–H and O–H groups in total. The van der Waals surface area contributed by atoms with Gasteiger partial charge in [-0.3, -0.25) is 4.79 Å². The molecule has 0 bridgehead atoms. The van der Waals surface area contributed by atoms with Gasteiger partial charge in [0.05, 0.1) is 16.7 Å². The molecule has 1 aliphatic rings. The summed E-state index contributed by atoms with van der Waals surface area (Å²) < 4.78 is 16.4. The van der Waals surface area contributed by atoms with Crippen LogP contribution >= 0.6 is 0 Å². The first kappa shape index (κ1) is 16.8. The smallest absolute Gasteiger partial charge is 0.227 e. The number of aromatic nitrogens is 2. The zero-order chi connectivity index (χ0) is 18.1. The number of fused-ring (bicyclic) bond motifs is 1. The molecule has 0 aliphatic carbocycles. The van der Waals surface area contributed by atoms with Crippen LogP contribution in [0.4, 0.5) is 10.1 Å². The number of hydrogen-bond acceptors (Lipinski definition) is 2. The first-order chi connectivity index (χ1) is 12.7. The van der Waals surface area contributed by atoms with Gasteiger partial charge < -0.3 is 9.47 Å². The van der Waals surface area contributed by atoms with Crippen molar-refractivity contribution in [2.45, 2.75) is 38.6 Å². The molecule has 0 unspecified atom stereocenters. The lowest BCUT2D eigenvalue weighted by atomic mass is 10.1. The monoisotopic (exact) mass is 351 g/mol. The highest BCUT2D eigenvalue weighted by Gasteiger charge is 2.35. The first-order valence-electron chi connectivity index (χ1n) is 9.19. The number of imidazole rings is 1. The summed E-state index contributed by atoms with van der Waals surface area (Å²) in [7, 11) is 0. The normalized spacial score (nSPS) is 17.4. The summed E-state index contributed by atoms with van der Waals surface area (Å²) in [6, 6.07) is 14.5. The van der Waals surface area contributed by atoms with Crippen molar-refractivity contribution >= 4 is 22.6 Å². The Kier molecular flexibility index (Phi) is 4.45. The molecule has 1 aliphatic heterocycles. The number of carbonyl (C=O) groups excluding carboxylic acids is 1. The second kappa shape index (κ2) is 6.90. The number of carbonyl (C=O) groups is 1. The Morgan fingerprint density at radius 2 is 1.92 bits per heavy atom.